The Morgan fingerprint density at radius 2 is 1.33 bits per heavy atom. The third-order valence-corrected chi connectivity index (χ3v) is 0. The van der Waals surface area contributed by atoms with Crippen LogP contribution in [0.5, 0.6) is 0 Å². The summed E-state index contributed by atoms with van der Waals surface area (Å²) in [5, 5.41) is 0. The van der Waals surface area contributed by atoms with Crippen LogP contribution in [0.25, 0.3) is 0 Å². The summed E-state index contributed by atoms with van der Waals surface area (Å²) in [7, 11) is 0. The molecular formula is CH4CaN2O2. The molecule has 0 spiro atoms. The van der Waals surface area contributed by atoms with Gasteiger partial charge in [0.25, 0.3) is 0 Å². The molecule has 0 bridgehead atoms. The van der Waals surface area contributed by atoms with E-state index in [-0.39, 0.29) is 43.2 Å². The number of carbonyl (C=O) groups excluding carboxylic acids is 1. The zero-order valence-corrected chi connectivity index (χ0v) is 5.39. The van der Waals surface area contributed by atoms with Crippen LogP contribution >= 0.6 is 0 Å². The van der Waals surface area contributed by atoms with Crippen molar-refractivity contribution in [2.75, 3.05) is 0 Å². The van der Waals surface area contributed by atoms with Crippen molar-refractivity contribution in [1.29, 1.82) is 0 Å². The molecule has 2 amide bonds. The zero-order valence-electron chi connectivity index (χ0n) is 3.18. The zero-order chi connectivity index (χ0) is 3.58. The molecule has 0 fully saturated rings. The number of primary amides is 2. The van der Waals surface area contributed by atoms with Crippen LogP contribution in [0.1, 0.15) is 0 Å². The average molecular weight is 116 g/mol. The van der Waals surface area contributed by atoms with Gasteiger partial charge in [-0.1, -0.05) is 0 Å². The molecule has 5 heteroatoms. The Labute approximate surface area is 65.2 Å². The summed E-state index contributed by atoms with van der Waals surface area (Å²) in [4.78, 5) is 9.00. The fourth-order valence-electron chi connectivity index (χ4n) is 0. The molecule has 0 heterocycles. The van der Waals surface area contributed by atoms with Crippen molar-refractivity contribution in [1.82, 2.24) is 0 Å². The molecule has 0 aliphatic rings. The second-order valence-electron chi connectivity index (χ2n) is 0.402. The van der Waals surface area contributed by atoms with Crippen molar-refractivity contribution in [3.63, 3.8) is 0 Å². The molecule has 0 rings (SSSR count). The van der Waals surface area contributed by atoms with E-state index in [1.165, 1.54) is 0 Å². The number of urea groups is 1. The van der Waals surface area contributed by atoms with Gasteiger partial charge < -0.3 is 16.9 Å². The molecule has 4 nitrogen and oxygen atoms in total. The van der Waals surface area contributed by atoms with Crippen LogP contribution in [-0.2, 0) is 5.48 Å². The molecule has 0 atom stereocenters. The van der Waals surface area contributed by atoms with E-state index in [9.17, 15) is 0 Å². The second-order valence-corrected chi connectivity index (χ2v) is 0.402. The summed E-state index contributed by atoms with van der Waals surface area (Å²) in [6.45, 7) is 0. The first-order valence-corrected chi connectivity index (χ1v) is 0.781. The Kier molecular flexibility index (Phi) is 24.3. The van der Waals surface area contributed by atoms with Gasteiger partial charge in [-0.25, -0.2) is 4.79 Å². The number of carbonyl (C=O) groups is 1. The second kappa shape index (κ2) is 9.09. The smallest absolute Gasteiger partial charge is 2.00 e. The predicted molar refractivity (Wildman–Crippen MR) is 20.2 cm³/mol. The molecule has 0 aliphatic carbocycles. The van der Waals surface area contributed by atoms with E-state index in [0.29, 0.717) is 0 Å². The summed E-state index contributed by atoms with van der Waals surface area (Å²) in [5.41, 5.74) is 8.50. The molecule has 0 unspecified atom stereocenters. The SMILES string of the molecule is NC(N)=O.[Ca+2].[O-2]. The first-order chi connectivity index (χ1) is 1.73. The van der Waals surface area contributed by atoms with Gasteiger partial charge in [0.15, 0.2) is 0 Å². The largest absolute Gasteiger partial charge is 2.00 e. The van der Waals surface area contributed by atoms with E-state index in [1.54, 1.807) is 0 Å². The van der Waals surface area contributed by atoms with Crippen molar-refractivity contribution in [3.05, 3.63) is 0 Å². The Morgan fingerprint density at radius 1 is 1.33 bits per heavy atom. The van der Waals surface area contributed by atoms with Crippen LogP contribution in [0.15, 0.2) is 0 Å². The van der Waals surface area contributed by atoms with E-state index in [2.05, 4.69) is 11.5 Å². The van der Waals surface area contributed by atoms with E-state index >= 15 is 0 Å². The quantitative estimate of drug-likeness (QED) is 0.371. The van der Waals surface area contributed by atoms with Gasteiger partial charge in [0.2, 0.25) is 0 Å². The molecule has 6 heavy (non-hydrogen) atoms. The summed E-state index contributed by atoms with van der Waals surface area (Å²) >= 11 is 0. The number of hydrogen-bond acceptors (Lipinski definition) is 1. The minimum atomic E-state index is -0.833. The molecule has 4 N–H and O–H groups in total. The summed E-state index contributed by atoms with van der Waals surface area (Å²) in [5.74, 6) is 0. The number of rotatable bonds is 0. The van der Waals surface area contributed by atoms with Gasteiger partial charge in [0.05, 0.1) is 0 Å². The maximum absolute atomic E-state index is 9.00. The van der Waals surface area contributed by atoms with E-state index < -0.39 is 6.03 Å². The molecule has 0 saturated heterocycles. The third-order valence-electron chi connectivity index (χ3n) is 0. The fourth-order valence-corrected chi connectivity index (χ4v) is 0. The molecular weight excluding hydrogens is 112 g/mol. The van der Waals surface area contributed by atoms with E-state index in [1.807, 2.05) is 0 Å². The number of nitrogens with two attached hydrogens (primary N) is 2. The first kappa shape index (κ1) is 16.1. The van der Waals surface area contributed by atoms with Crippen LogP contribution in [0.2, 0.25) is 0 Å². The van der Waals surface area contributed by atoms with Gasteiger partial charge in [-0.2, -0.15) is 0 Å². The minimum absolute atomic E-state index is 0. The third kappa shape index (κ3) is 228. The number of amides is 2. The Bertz CT molecular complexity index is 34.5. The molecule has 0 aromatic rings. The van der Waals surface area contributed by atoms with Gasteiger partial charge in [0.1, 0.15) is 0 Å². The standard InChI is InChI=1S/CH4N2O.Ca.O/c2-1(3)4;;/h(H4,2,3,4);;/q;+2;-2. The van der Waals surface area contributed by atoms with Crippen molar-refractivity contribution in [2.24, 2.45) is 11.5 Å². The van der Waals surface area contributed by atoms with E-state index in [0.717, 1.165) is 0 Å². The normalized spacial score (nSPS) is 4.00. The van der Waals surface area contributed by atoms with Crippen molar-refractivity contribution in [2.45, 2.75) is 0 Å². The Balaban J connectivity index is -0.0000000450. The van der Waals surface area contributed by atoms with Crippen LogP contribution < -0.4 is 11.5 Å². The minimum Gasteiger partial charge on any atom is -2.00 e. The van der Waals surface area contributed by atoms with Crippen LogP contribution in [-0.4, -0.2) is 43.8 Å². The number of hydrogen-bond donors (Lipinski definition) is 2. The molecule has 0 aliphatic heterocycles. The van der Waals surface area contributed by atoms with Gasteiger partial charge in [0, 0.05) is 0 Å². The van der Waals surface area contributed by atoms with Gasteiger partial charge >= 0.3 is 43.8 Å². The Hall–Kier alpha value is 0.490. The van der Waals surface area contributed by atoms with Crippen molar-refractivity contribution in [3.8, 4) is 0 Å². The molecule has 0 aromatic heterocycles. The fraction of sp³-hybridized carbons (Fsp3) is 0. The summed E-state index contributed by atoms with van der Waals surface area (Å²) < 4.78 is 0. The van der Waals surface area contributed by atoms with Crippen LogP contribution in [0, 0.1) is 0 Å². The summed E-state index contributed by atoms with van der Waals surface area (Å²) in [6, 6.07) is -0.833. The predicted octanol–water partition coefficient (Wildman–Crippen LogP) is -1.48. The average Bonchev–Trinajstić information content (AvgIpc) is 0.811. The maximum Gasteiger partial charge on any atom is 2.00 e. The molecule has 0 saturated carbocycles. The van der Waals surface area contributed by atoms with Gasteiger partial charge in [-0.15, -0.1) is 0 Å². The molecule has 0 aromatic carbocycles. The van der Waals surface area contributed by atoms with E-state index in [4.69, 9.17) is 4.79 Å². The van der Waals surface area contributed by atoms with Gasteiger partial charge in [-0.3, -0.25) is 0 Å². The molecule has 0 radical (unpaired) electrons. The Morgan fingerprint density at radius 3 is 1.33 bits per heavy atom. The summed E-state index contributed by atoms with van der Waals surface area (Å²) in [6.07, 6.45) is 0. The molecule has 32 valence electrons. The first-order valence-electron chi connectivity index (χ1n) is 0.781. The maximum atomic E-state index is 9.00. The van der Waals surface area contributed by atoms with Crippen LogP contribution in [0.4, 0.5) is 4.79 Å². The monoisotopic (exact) mass is 116 g/mol. The van der Waals surface area contributed by atoms with Gasteiger partial charge in [-0.05, 0) is 0 Å². The topological polar surface area (TPSA) is 97.6 Å². The van der Waals surface area contributed by atoms with Crippen molar-refractivity contribution < 1.29 is 10.3 Å². The van der Waals surface area contributed by atoms with Crippen LogP contribution in [0.3, 0.4) is 0 Å². The van der Waals surface area contributed by atoms with Crippen molar-refractivity contribution >= 4 is 43.8 Å².